The molecule has 2 heterocycles. The third kappa shape index (κ3) is 2.55. The summed E-state index contributed by atoms with van der Waals surface area (Å²) in [6.07, 6.45) is -5.79. The van der Waals surface area contributed by atoms with Crippen molar-refractivity contribution >= 4 is 27.3 Å². The van der Waals surface area contributed by atoms with Crippen LogP contribution in [0.1, 0.15) is 11.3 Å². The molecule has 21 heavy (non-hydrogen) atoms. The number of thiophene rings is 1. The molecule has 1 fully saturated rings. The zero-order valence-electron chi connectivity index (χ0n) is 10.8. The number of aliphatic carboxylic acids is 1. The van der Waals surface area contributed by atoms with Crippen molar-refractivity contribution in [2.45, 2.75) is 23.7 Å². The van der Waals surface area contributed by atoms with Crippen LogP contribution in [0.15, 0.2) is 16.3 Å². The molecule has 0 aromatic carbocycles. The number of sulfonamides is 1. The maximum atomic E-state index is 13.0. The summed E-state index contributed by atoms with van der Waals surface area (Å²) in [7, 11) is -4.09. The lowest BCUT2D eigenvalue weighted by atomic mass is 9.86. The Bertz CT molecular complexity index is 667. The molecule has 118 valence electrons. The van der Waals surface area contributed by atoms with Gasteiger partial charge >= 0.3 is 12.1 Å². The van der Waals surface area contributed by atoms with E-state index >= 15 is 0 Å². The smallest absolute Gasteiger partial charge is 0.406 e. The maximum Gasteiger partial charge on any atom is 0.406 e. The topological polar surface area (TPSA) is 74.7 Å². The predicted octanol–water partition coefficient (Wildman–Crippen LogP) is 2.08. The Morgan fingerprint density at radius 3 is 2.43 bits per heavy atom. The van der Waals surface area contributed by atoms with Crippen molar-refractivity contribution in [2.24, 2.45) is 5.41 Å². The number of carboxylic acid groups (broad SMARTS) is 1. The van der Waals surface area contributed by atoms with Crippen molar-refractivity contribution < 1.29 is 31.5 Å². The largest absolute Gasteiger partial charge is 0.481 e. The quantitative estimate of drug-likeness (QED) is 0.912. The van der Waals surface area contributed by atoms with Gasteiger partial charge in [-0.2, -0.15) is 17.5 Å². The van der Waals surface area contributed by atoms with E-state index in [0.29, 0.717) is 9.18 Å². The molecule has 1 aromatic rings. The van der Waals surface area contributed by atoms with Crippen LogP contribution in [0.4, 0.5) is 13.2 Å². The number of carboxylic acids is 1. The molecule has 0 aliphatic carbocycles. The third-order valence-electron chi connectivity index (χ3n) is 3.50. The van der Waals surface area contributed by atoms with Gasteiger partial charge in [0.2, 0.25) is 0 Å². The van der Waals surface area contributed by atoms with Crippen molar-refractivity contribution in [2.75, 3.05) is 13.1 Å². The molecule has 2 rings (SSSR count). The lowest BCUT2D eigenvalue weighted by Gasteiger charge is -2.26. The molecule has 0 spiro atoms. The predicted molar refractivity (Wildman–Crippen MR) is 68.6 cm³/mol. The summed E-state index contributed by atoms with van der Waals surface area (Å²) in [6.45, 7) is 0.112. The van der Waals surface area contributed by atoms with E-state index in [9.17, 15) is 26.4 Å². The van der Waals surface area contributed by atoms with E-state index < -0.39 is 47.1 Å². The Kier molecular flexibility index (Phi) is 3.83. The molecule has 1 unspecified atom stereocenters. The highest BCUT2D eigenvalue weighted by Crippen LogP contribution is 2.47. The van der Waals surface area contributed by atoms with Gasteiger partial charge < -0.3 is 5.11 Å². The van der Waals surface area contributed by atoms with E-state index in [1.807, 2.05) is 0 Å². The van der Waals surface area contributed by atoms with Gasteiger partial charge in [0.1, 0.15) is 4.21 Å². The zero-order valence-corrected chi connectivity index (χ0v) is 12.5. The summed E-state index contributed by atoms with van der Waals surface area (Å²) in [5.41, 5.74) is -3.04. The minimum absolute atomic E-state index is 0.0802. The fourth-order valence-electron chi connectivity index (χ4n) is 2.19. The summed E-state index contributed by atoms with van der Waals surface area (Å²) >= 11 is 0.939. The summed E-state index contributed by atoms with van der Waals surface area (Å²) in [5, 5.41) is 8.92. The molecular formula is C11H12F3NO4S2. The van der Waals surface area contributed by atoms with Gasteiger partial charge in [-0.25, -0.2) is 8.42 Å². The number of hydrogen-bond donors (Lipinski definition) is 1. The van der Waals surface area contributed by atoms with Gasteiger partial charge in [0.15, 0.2) is 5.41 Å². The van der Waals surface area contributed by atoms with Crippen LogP contribution in [0.3, 0.4) is 0 Å². The number of hydrogen-bond acceptors (Lipinski definition) is 4. The molecule has 1 aromatic heterocycles. The van der Waals surface area contributed by atoms with Gasteiger partial charge in [-0.15, -0.1) is 11.3 Å². The molecule has 0 amide bonds. The molecule has 5 nitrogen and oxygen atoms in total. The van der Waals surface area contributed by atoms with E-state index in [4.69, 9.17) is 5.11 Å². The van der Waals surface area contributed by atoms with Crippen molar-refractivity contribution in [1.29, 1.82) is 0 Å². The zero-order chi connectivity index (χ0) is 16.1. The number of halogens is 3. The summed E-state index contributed by atoms with van der Waals surface area (Å²) in [4.78, 5) is 11.7. The van der Waals surface area contributed by atoms with Gasteiger partial charge in [0.05, 0.1) is 0 Å². The monoisotopic (exact) mass is 343 g/mol. The second-order valence-electron chi connectivity index (χ2n) is 4.84. The van der Waals surface area contributed by atoms with Crippen LogP contribution < -0.4 is 0 Å². The Hall–Kier alpha value is -1.13. The van der Waals surface area contributed by atoms with Crippen molar-refractivity contribution in [3.05, 3.63) is 17.0 Å². The molecule has 1 N–H and O–H groups in total. The second-order valence-corrected chi connectivity index (χ2v) is 8.29. The first-order chi connectivity index (χ1) is 9.50. The minimum Gasteiger partial charge on any atom is -0.481 e. The van der Waals surface area contributed by atoms with Crippen LogP contribution in [0.25, 0.3) is 0 Å². The highest BCUT2D eigenvalue weighted by atomic mass is 32.2. The van der Waals surface area contributed by atoms with E-state index in [2.05, 4.69) is 0 Å². The summed E-state index contributed by atoms with van der Waals surface area (Å²) in [5.74, 6) is -2.05. The highest BCUT2D eigenvalue weighted by Gasteiger charge is 2.65. The molecule has 1 aliphatic rings. The Morgan fingerprint density at radius 1 is 1.43 bits per heavy atom. The maximum absolute atomic E-state index is 13.0. The first-order valence-corrected chi connectivity index (χ1v) is 8.13. The lowest BCUT2D eigenvalue weighted by Crippen LogP contribution is -2.47. The number of aryl methyl sites for hydroxylation is 1. The van der Waals surface area contributed by atoms with Crippen molar-refractivity contribution in [3.8, 4) is 0 Å². The van der Waals surface area contributed by atoms with Crippen LogP contribution in [0, 0.1) is 12.3 Å². The average molecular weight is 343 g/mol. The first kappa shape index (κ1) is 16.2. The summed E-state index contributed by atoms with van der Waals surface area (Å²) < 4.78 is 64.1. The Labute approximate surface area is 123 Å². The number of alkyl halides is 3. The number of carbonyl (C=O) groups is 1. The van der Waals surface area contributed by atoms with Gasteiger partial charge in [-0.3, -0.25) is 4.79 Å². The third-order valence-corrected chi connectivity index (χ3v) is 6.81. The molecule has 0 radical (unpaired) electrons. The molecular weight excluding hydrogens is 331 g/mol. The highest BCUT2D eigenvalue weighted by molar-refractivity contribution is 7.91. The summed E-state index contributed by atoms with van der Waals surface area (Å²) in [6, 6.07) is 2.85. The number of rotatable bonds is 3. The van der Waals surface area contributed by atoms with Gasteiger partial charge in [0.25, 0.3) is 10.0 Å². The molecule has 0 saturated carbocycles. The van der Waals surface area contributed by atoms with Gasteiger partial charge in [0, 0.05) is 18.0 Å². The van der Waals surface area contributed by atoms with Crippen LogP contribution in [-0.4, -0.2) is 43.1 Å². The van der Waals surface area contributed by atoms with E-state index in [1.54, 1.807) is 13.0 Å². The van der Waals surface area contributed by atoms with Crippen LogP contribution in [0.5, 0.6) is 0 Å². The van der Waals surface area contributed by atoms with Crippen LogP contribution >= 0.6 is 11.3 Å². The second kappa shape index (κ2) is 4.96. The standard InChI is InChI=1S/C11H12F3NO4S2/c1-7-2-3-8(20-7)21(18,19)15-5-4-10(6-15,9(16)17)11(12,13)14/h2-3H,4-6H2,1H3,(H,16,17). The van der Waals surface area contributed by atoms with Crippen molar-refractivity contribution in [3.63, 3.8) is 0 Å². The molecule has 10 heteroatoms. The van der Waals surface area contributed by atoms with Gasteiger partial charge in [-0.05, 0) is 25.5 Å². The fraction of sp³-hybridized carbons (Fsp3) is 0.545. The SMILES string of the molecule is Cc1ccc(S(=O)(=O)N2CCC(C(=O)O)(C(F)(F)F)C2)s1. The average Bonchev–Trinajstić information content (AvgIpc) is 2.94. The molecule has 1 atom stereocenters. The Morgan fingerprint density at radius 2 is 2.05 bits per heavy atom. The minimum atomic E-state index is -5.01. The molecule has 1 aliphatic heterocycles. The molecule has 0 bridgehead atoms. The van der Waals surface area contributed by atoms with Crippen LogP contribution in [-0.2, 0) is 14.8 Å². The number of nitrogens with zero attached hydrogens (tertiary/aromatic N) is 1. The van der Waals surface area contributed by atoms with Gasteiger partial charge in [-0.1, -0.05) is 0 Å². The van der Waals surface area contributed by atoms with E-state index in [1.165, 1.54) is 6.07 Å². The fourth-order valence-corrected chi connectivity index (χ4v) is 5.12. The van der Waals surface area contributed by atoms with Crippen LogP contribution in [0.2, 0.25) is 0 Å². The Balaban J connectivity index is 2.36. The first-order valence-electron chi connectivity index (χ1n) is 5.87. The van der Waals surface area contributed by atoms with Crippen molar-refractivity contribution in [1.82, 2.24) is 4.31 Å². The molecule has 1 saturated heterocycles. The van der Waals surface area contributed by atoms with E-state index in [-0.39, 0.29) is 4.21 Å². The lowest BCUT2D eigenvalue weighted by molar-refractivity contribution is -0.226. The van der Waals surface area contributed by atoms with E-state index in [0.717, 1.165) is 11.3 Å². The normalized spacial score (nSPS) is 24.4.